The Kier molecular flexibility index (Phi) is 3.95. The summed E-state index contributed by atoms with van der Waals surface area (Å²) in [7, 11) is 0. The van der Waals surface area contributed by atoms with Gasteiger partial charge in [0.25, 0.3) is 0 Å². The first-order chi connectivity index (χ1) is 7.38. The van der Waals surface area contributed by atoms with Crippen molar-refractivity contribution in [3.63, 3.8) is 0 Å². The monoisotopic (exact) mass is 222 g/mol. The summed E-state index contributed by atoms with van der Waals surface area (Å²) in [5.74, 6) is 3.24. The number of benzene rings is 1. The van der Waals surface area contributed by atoms with Crippen LogP contribution in [-0.2, 0) is 0 Å². The van der Waals surface area contributed by atoms with Crippen LogP contribution >= 0.6 is 11.8 Å². The van der Waals surface area contributed by atoms with E-state index in [0.29, 0.717) is 0 Å². The molecule has 2 heteroatoms. The van der Waals surface area contributed by atoms with Crippen molar-refractivity contribution in [1.82, 2.24) is 0 Å². The van der Waals surface area contributed by atoms with E-state index in [9.17, 15) is 0 Å². The first kappa shape index (κ1) is 10.9. The molecule has 1 aliphatic rings. The summed E-state index contributed by atoms with van der Waals surface area (Å²) in [6, 6.07) is 8.45. The highest BCUT2D eigenvalue weighted by molar-refractivity contribution is 7.99. The van der Waals surface area contributed by atoms with Crippen LogP contribution in [0, 0.1) is 5.92 Å². The van der Waals surface area contributed by atoms with Crippen molar-refractivity contribution in [2.75, 3.05) is 12.4 Å². The molecule has 2 rings (SSSR count). The van der Waals surface area contributed by atoms with E-state index >= 15 is 0 Å². The number of ether oxygens (including phenoxy) is 1. The van der Waals surface area contributed by atoms with Gasteiger partial charge in [0.2, 0.25) is 0 Å². The molecule has 0 aliphatic heterocycles. The Morgan fingerprint density at radius 2 is 2.00 bits per heavy atom. The van der Waals surface area contributed by atoms with Gasteiger partial charge in [-0.05, 0) is 49.9 Å². The molecule has 0 atom stereocenters. The van der Waals surface area contributed by atoms with Crippen molar-refractivity contribution < 1.29 is 4.74 Å². The Bertz CT molecular complexity index is 290. The minimum absolute atomic E-state index is 0.745. The zero-order valence-corrected chi connectivity index (χ0v) is 10.1. The Balaban J connectivity index is 1.80. The molecular weight excluding hydrogens is 204 g/mol. The van der Waals surface area contributed by atoms with Gasteiger partial charge in [0.05, 0.1) is 6.61 Å². The smallest absolute Gasteiger partial charge is 0.119 e. The maximum absolute atomic E-state index is 5.41. The molecule has 0 unspecified atom stereocenters. The molecule has 15 heavy (non-hydrogen) atoms. The quantitative estimate of drug-likeness (QED) is 0.697. The second kappa shape index (κ2) is 5.45. The number of thioether (sulfide) groups is 1. The van der Waals surface area contributed by atoms with Crippen molar-refractivity contribution in [1.29, 1.82) is 0 Å². The van der Waals surface area contributed by atoms with Crippen LogP contribution < -0.4 is 4.74 Å². The van der Waals surface area contributed by atoms with E-state index in [0.717, 1.165) is 18.3 Å². The average Bonchev–Trinajstić information content (AvgIpc) is 2.19. The normalized spacial score (nSPS) is 16.1. The Morgan fingerprint density at radius 1 is 1.27 bits per heavy atom. The van der Waals surface area contributed by atoms with E-state index in [-0.39, 0.29) is 0 Å². The third-order valence-corrected chi connectivity index (χ3v) is 4.09. The number of rotatable bonds is 5. The number of hydrogen-bond donors (Lipinski definition) is 0. The van der Waals surface area contributed by atoms with Gasteiger partial charge in [-0.25, -0.2) is 0 Å². The molecule has 82 valence electrons. The van der Waals surface area contributed by atoms with Gasteiger partial charge < -0.3 is 4.74 Å². The van der Waals surface area contributed by atoms with E-state index in [2.05, 4.69) is 24.3 Å². The van der Waals surface area contributed by atoms with Gasteiger partial charge in [-0.15, -0.1) is 11.8 Å². The van der Waals surface area contributed by atoms with Gasteiger partial charge in [-0.2, -0.15) is 0 Å². The molecule has 0 N–H and O–H groups in total. The zero-order valence-electron chi connectivity index (χ0n) is 9.24. The molecule has 0 heterocycles. The molecule has 0 bridgehead atoms. The molecule has 0 spiro atoms. The Hall–Kier alpha value is -0.630. The van der Waals surface area contributed by atoms with Gasteiger partial charge in [0.15, 0.2) is 0 Å². The molecule has 1 aromatic carbocycles. The lowest BCUT2D eigenvalue weighted by molar-refractivity contribution is 0.340. The lowest BCUT2D eigenvalue weighted by Crippen LogP contribution is -2.12. The SMILES string of the molecule is CCOc1ccc(SCC2CCC2)cc1. The topological polar surface area (TPSA) is 9.23 Å². The molecule has 1 saturated carbocycles. The molecule has 1 fully saturated rings. The summed E-state index contributed by atoms with van der Waals surface area (Å²) in [6.07, 6.45) is 4.31. The molecular formula is C13H18OS. The van der Waals surface area contributed by atoms with Crippen LogP contribution in [0.1, 0.15) is 26.2 Å². The van der Waals surface area contributed by atoms with Gasteiger partial charge in [-0.1, -0.05) is 6.42 Å². The Labute approximate surface area is 96.2 Å². The van der Waals surface area contributed by atoms with E-state index in [4.69, 9.17) is 4.74 Å². The van der Waals surface area contributed by atoms with E-state index < -0.39 is 0 Å². The molecule has 1 nitrogen and oxygen atoms in total. The van der Waals surface area contributed by atoms with Crippen LogP contribution in [0.25, 0.3) is 0 Å². The maximum Gasteiger partial charge on any atom is 0.119 e. The molecule has 0 radical (unpaired) electrons. The van der Waals surface area contributed by atoms with Crippen molar-refractivity contribution >= 4 is 11.8 Å². The number of hydrogen-bond acceptors (Lipinski definition) is 2. The van der Waals surface area contributed by atoms with Crippen molar-refractivity contribution in [3.8, 4) is 5.75 Å². The Morgan fingerprint density at radius 3 is 2.53 bits per heavy atom. The first-order valence-corrected chi connectivity index (χ1v) is 6.72. The van der Waals surface area contributed by atoms with Crippen molar-refractivity contribution in [2.45, 2.75) is 31.1 Å². The van der Waals surface area contributed by atoms with Gasteiger partial charge >= 0.3 is 0 Å². The van der Waals surface area contributed by atoms with E-state index in [1.165, 1.54) is 29.9 Å². The van der Waals surface area contributed by atoms with E-state index in [1.54, 1.807) is 0 Å². The van der Waals surface area contributed by atoms with Crippen LogP contribution in [-0.4, -0.2) is 12.4 Å². The highest BCUT2D eigenvalue weighted by Gasteiger charge is 2.16. The fraction of sp³-hybridized carbons (Fsp3) is 0.538. The maximum atomic E-state index is 5.41. The van der Waals surface area contributed by atoms with E-state index in [1.807, 2.05) is 18.7 Å². The van der Waals surface area contributed by atoms with Crippen LogP contribution in [0.4, 0.5) is 0 Å². The lowest BCUT2D eigenvalue weighted by atomic mass is 9.87. The highest BCUT2D eigenvalue weighted by atomic mass is 32.2. The molecule has 1 aromatic rings. The van der Waals surface area contributed by atoms with Crippen LogP contribution in [0.3, 0.4) is 0 Å². The summed E-state index contributed by atoms with van der Waals surface area (Å²) >= 11 is 1.98. The first-order valence-electron chi connectivity index (χ1n) is 5.74. The average molecular weight is 222 g/mol. The third-order valence-electron chi connectivity index (χ3n) is 2.85. The van der Waals surface area contributed by atoms with Crippen LogP contribution in [0.2, 0.25) is 0 Å². The summed E-state index contributed by atoms with van der Waals surface area (Å²) in [4.78, 5) is 1.37. The predicted molar refractivity (Wildman–Crippen MR) is 65.7 cm³/mol. The minimum Gasteiger partial charge on any atom is -0.494 e. The fourth-order valence-electron chi connectivity index (χ4n) is 1.67. The highest BCUT2D eigenvalue weighted by Crippen LogP contribution is 2.32. The van der Waals surface area contributed by atoms with Gasteiger partial charge in [0.1, 0.15) is 5.75 Å². The van der Waals surface area contributed by atoms with Gasteiger partial charge in [0, 0.05) is 10.6 Å². The summed E-state index contributed by atoms with van der Waals surface area (Å²) in [5.41, 5.74) is 0. The fourth-order valence-corrected chi connectivity index (χ4v) is 2.76. The lowest BCUT2D eigenvalue weighted by Gasteiger charge is -2.24. The second-order valence-corrected chi connectivity index (χ2v) is 5.11. The predicted octanol–water partition coefficient (Wildman–Crippen LogP) is 3.98. The second-order valence-electron chi connectivity index (χ2n) is 4.01. The molecule has 0 amide bonds. The van der Waals surface area contributed by atoms with Crippen LogP contribution in [0.15, 0.2) is 29.2 Å². The third kappa shape index (κ3) is 3.16. The largest absolute Gasteiger partial charge is 0.494 e. The van der Waals surface area contributed by atoms with Gasteiger partial charge in [-0.3, -0.25) is 0 Å². The van der Waals surface area contributed by atoms with Crippen molar-refractivity contribution in [2.24, 2.45) is 5.92 Å². The summed E-state index contributed by atoms with van der Waals surface area (Å²) in [5, 5.41) is 0. The van der Waals surface area contributed by atoms with Crippen molar-refractivity contribution in [3.05, 3.63) is 24.3 Å². The minimum atomic E-state index is 0.745. The summed E-state index contributed by atoms with van der Waals surface area (Å²) < 4.78 is 5.41. The van der Waals surface area contributed by atoms with Crippen LogP contribution in [0.5, 0.6) is 5.75 Å². The standard InChI is InChI=1S/C13H18OS/c1-2-14-12-6-8-13(9-7-12)15-10-11-4-3-5-11/h6-9,11H,2-5,10H2,1H3. The zero-order chi connectivity index (χ0) is 10.5. The molecule has 0 saturated heterocycles. The molecule has 1 aliphatic carbocycles. The molecule has 0 aromatic heterocycles. The summed E-state index contributed by atoms with van der Waals surface area (Å²) in [6.45, 7) is 2.76.